The molecule has 0 unspecified atom stereocenters. The molecule has 28 heavy (non-hydrogen) atoms. The first kappa shape index (κ1) is 18.1. The van der Waals surface area contributed by atoms with Gasteiger partial charge in [-0.2, -0.15) is 4.98 Å². The molecule has 8 heteroatoms. The summed E-state index contributed by atoms with van der Waals surface area (Å²) in [6.45, 7) is 6.13. The number of rotatable bonds is 5. The van der Waals surface area contributed by atoms with Gasteiger partial charge in [0.1, 0.15) is 12.1 Å². The van der Waals surface area contributed by atoms with Crippen molar-refractivity contribution in [2.45, 2.75) is 6.92 Å². The predicted octanol–water partition coefficient (Wildman–Crippen LogP) is 3.47. The van der Waals surface area contributed by atoms with E-state index in [0.29, 0.717) is 24.7 Å². The number of benzene rings is 2. The van der Waals surface area contributed by atoms with Crippen LogP contribution in [0.2, 0.25) is 0 Å². The second kappa shape index (κ2) is 7.77. The number of nitrogens with zero attached hydrogens (tertiary/aromatic N) is 5. The Morgan fingerprint density at radius 3 is 2.54 bits per heavy atom. The summed E-state index contributed by atoms with van der Waals surface area (Å²) >= 11 is 0. The number of piperazine rings is 1. The van der Waals surface area contributed by atoms with E-state index in [9.17, 15) is 10.1 Å². The van der Waals surface area contributed by atoms with Gasteiger partial charge in [-0.3, -0.25) is 10.1 Å². The molecule has 1 aliphatic rings. The van der Waals surface area contributed by atoms with E-state index >= 15 is 0 Å². The second-order valence-electron chi connectivity index (χ2n) is 6.64. The van der Waals surface area contributed by atoms with Crippen molar-refractivity contribution < 1.29 is 9.66 Å². The molecule has 0 saturated carbocycles. The molecule has 0 atom stereocenters. The maximum Gasteiger partial charge on any atom is 0.373 e. The van der Waals surface area contributed by atoms with Gasteiger partial charge in [-0.15, -0.1) is 0 Å². The molecule has 1 aromatic heterocycles. The average Bonchev–Trinajstić information content (AvgIpc) is 2.73. The second-order valence-corrected chi connectivity index (χ2v) is 6.64. The van der Waals surface area contributed by atoms with E-state index in [1.807, 2.05) is 41.3 Å². The quantitative estimate of drug-likeness (QED) is 0.496. The van der Waals surface area contributed by atoms with Crippen molar-refractivity contribution in [2.24, 2.45) is 0 Å². The Balaban J connectivity index is 1.66. The van der Waals surface area contributed by atoms with Gasteiger partial charge in [0.05, 0.1) is 4.92 Å². The smallest absolute Gasteiger partial charge is 0.373 e. The zero-order valence-electron chi connectivity index (χ0n) is 15.6. The van der Waals surface area contributed by atoms with E-state index in [4.69, 9.17) is 4.74 Å². The molecule has 2 aromatic carbocycles. The van der Waals surface area contributed by atoms with Gasteiger partial charge < -0.3 is 14.5 Å². The minimum absolute atomic E-state index is 0.0387. The zero-order chi connectivity index (χ0) is 19.5. The van der Waals surface area contributed by atoms with Crippen LogP contribution in [0.15, 0.2) is 48.8 Å². The molecule has 0 amide bonds. The van der Waals surface area contributed by atoms with Gasteiger partial charge >= 0.3 is 11.6 Å². The molecule has 4 rings (SSSR count). The molecule has 1 aliphatic heterocycles. The zero-order valence-corrected chi connectivity index (χ0v) is 15.6. The van der Waals surface area contributed by atoms with Crippen LogP contribution in [0.1, 0.15) is 6.92 Å². The van der Waals surface area contributed by atoms with Gasteiger partial charge in [-0.05, 0) is 29.4 Å². The lowest BCUT2D eigenvalue weighted by Gasteiger charge is -2.34. The van der Waals surface area contributed by atoms with Crippen LogP contribution in [-0.2, 0) is 0 Å². The molecule has 144 valence electrons. The largest absolute Gasteiger partial charge is 0.434 e. The van der Waals surface area contributed by atoms with Crippen molar-refractivity contribution in [1.82, 2.24) is 14.9 Å². The third-order valence-corrected chi connectivity index (χ3v) is 5.01. The summed E-state index contributed by atoms with van der Waals surface area (Å²) in [5.74, 6) is 0.775. The van der Waals surface area contributed by atoms with E-state index < -0.39 is 4.92 Å². The van der Waals surface area contributed by atoms with Gasteiger partial charge in [0.15, 0.2) is 0 Å². The average molecular weight is 379 g/mol. The summed E-state index contributed by atoms with van der Waals surface area (Å²) in [6.07, 6.45) is 1.32. The Morgan fingerprint density at radius 2 is 1.82 bits per heavy atom. The Labute approximate surface area is 162 Å². The van der Waals surface area contributed by atoms with Gasteiger partial charge in [0, 0.05) is 26.2 Å². The molecular formula is C20H21N5O3. The number of likely N-dealkylation sites (N-methyl/N-ethyl adjacent to an activating group) is 1. The summed E-state index contributed by atoms with van der Waals surface area (Å²) in [5, 5.41) is 13.9. The monoisotopic (exact) mass is 379 g/mol. The van der Waals surface area contributed by atoms with E-state index in [1.165, 1.54) is 6.33 Å². The molecule has 1 saturated heterocycles. The lowest BCUT2D eigenvalue weighted by molar-refractivity contribution is -0.385. The van der Waals surface area contributed by atoms with Crippen molar-refractivity contribution >= 4 is 22.3 Å². The minimum atomic E-state index is -0.460. The van der Waals surface area contributed by atoms with Crippen molar-refractivity contribution in [2.75, 3.05) is 37.6 Å². The molecule has 0 N–H and O–H groups in total. The maximum atomic E-state index is 11.8. The molecule has 3 aromatic rings. The Bertz CT molecular complexity index is 1000. The number of fused-ring (bicyclic) bond motifs is 1. The molecule has 8 nitrogen and oxygen atoms in total. The van der Waals surface area contributed by atoms with Crippen LogP contribution in [0, 0.1) is 10.1 Å². The Morgan fingerprint density at radius 1 is 1.07 bits per heavy atom. The summed E-state index contributed by atoms with van der Waals surface area (Å²) < 4.78 is 5.82. The van der Waals surface area contributed by atoms with Crippen LogP contribution in [-0.4, -0.2) is 52.5 Å². The van der Waals surface area contributed by atoms with Crippen molar-refractivity contribution in [3.8, 4) is 11.6 Å². The molecule has 1 fully saturated rings. The van der Waals surface area contributed by atoms with Gasteiger partial charge in [-0.1, -0.05) is 37.3 Å². The number of hydrogen-bond acceptors (Lipinski definition) is 7. The fourth-order valence-corrected chi connectivity index (χ4v) is 3.44. The van der Waals surface area contributed by atoms with Crippen LogP contribution in [0.3, 0.4) is 0 Å². The molecule has 0 spiro atoms. The van der Waals surface area contributed by atoms with Crippen molar-refractivity contribution in [3.63, 3.8) is 0 Å². The van der Waals surface area contributed by atoms with E-state index in [-0.39, 0.29) is 11.6 Å². The van der Waals surface area contributed by atoms with Crippen LogP contribution in [0.4, 0.5) is 11.5 Å². The summed E-state index contributed by atoms with van der Waals surface area (Å²) in [4.78, 5) is 23.8. The van der Waals surface area contributed by atoms with E-state index in [1.54, 1.807) is 6.07 Å². The standard InChI is InChI=1S/C20H21N5O3/c1-2-23-9-11-24(12-10-23)19-18(25(26)27)20(22-14-21-19)28-17-8-7-15-5-3-4-6-16(15)13-17/h3-8,13-14H,2,9-12H2,1H3. The molecule has 0 bridgehead atoms. The topological polar surface area (TPSA) is 84.6 Å². The third kappa shape index (κ3) is 3.59. The first-order valence-corrected chi connectivity index (χ1v) is 9.29. The van der Waals surface area contributed by atoms with Crippen LogP contribution >= 0.6 is 0 Å². The van der Waals surface area contributed by atoms with Crippen LogP contribution in [0.5, 0.6) is 11.6 Å². The first-order chi connectivity index (χ1) is 13.7. The van der Waals surface area contributed by atoms with Gasteiger partial charge in [0.2, 0.25) is 5.82 Å². The highest BCUT2D eigenvalue weighted by Gasteiger charge is 2.30. The number of hydrogen-bond donors (Lipinski definition) is 0. The number of nitro groups is 1. The Kier molecular flexibility index (Phi) is 5.03. The highest BCUT2D eigenvalue weighted by molar-refractivity contribution is 5.83. The van der Waals surface area contributed by atoms with Gasteiger partial charge in [-0.25, -0.2) is 4.98 Å². The lowest BCUT2D eigenvalue weighted by Crippen LogP contribution is -2.46. The van der Waals surface area contributed by atoms with Crippen molar-refractivity contribution in [3.05, 3.63) is 58.9 Å². The SMILES string of the molecule is CCN1CCN(c2ncnc(Oc3ccc4ccccc4c3)c2[N+](=O)[O-])CC1. The molecule has 0 radical (unpaired) electrons. The fraction of sp³-hybridized carbons (Fsp3) is 0.300. The van der Waals surface area contributed by atoms with Gasteiger partial charge in [0.25, 0.3) is 0 Å². The summed E-state index contributed by atoms with van der Waals surface area (Å²) in [6, 6.07) is 13.4. The molecule has 2 heterocycles. The number of anilines is 1. The summed E-state index contributed by atoms with van der Waals surface area (Å²) in [7, 11) is 0. The molecular weight excluding hydrogens is 358 g/mol. The first-order valence-electron chi connectivity index (χ1n) is 9.29. The normalized spacial score (nSPS) is 15.0. The third-order valence-electron chi connectivity index (χ3n) is 5.01. The van der Waals surface area contributed by atoms with E-state index in [2.05, 4.69) is 21.8 Å². The number of ether oxygens (including phenoxy) is 1. The van der Waals surface area contributed by atoms with Crippen LogP contribution in [0.25, 0.3) is 10.8 Å². The highest BCUT2D eigenvalue weighted by atomic mass is 16.6. The van der Waals surface area contributed by atoms with Crippen molar-refractivity contribution in [1.29, 1.82) is 0 Å². The minimum Gasteiger partial charge on any atom is -0.434 e. The van der Waals surface area contributed by atoms with E-state index in [0.717, 1.165) is 30.4 Å². The highest BCUT2D eigenvalue weighted by Crippen LogP contribution is 2.36. The fourth-order valence-electron chi connectivity index (χ4n) is 3.44. The number of aromatic nitrogens is 2. The van der Waals surface area contributed by atoms with Crippen LogP contribution < -0.4 is 9.64 Å². The Hall–Kier alpha value is -3.26. The summed E-state index contributed by atoms with van der Waals surface area (Å²) in [5.41, 5.74) is -0.194. The lowest BCUT2D eigenvalue weighted by atomic mass is 10.1. The predicted molar refractivity (Wildman–Crippen MR) is 107 cm³/mol. The maximum absolute atomic E-state index is 11.8. The molecule has 0 aliphatic carbocycles.